The largest absolute Gasteiger partial charge is 0.478 e. The molecule has 0 atom stereocenters. The molecule has 1 N–H and O–H groups in total. The monoisotopic (exact) mass is 220 g/mol. The molecule has 0 saturated carbocycles. The second kappa shape index (κ2) is 4.28. The standard InChI is InChI=1S/C14H20O2/c1-9(2)10-6-7-12(14(3,4)5)11(8-10)13(15)16/h6-9H,1-5H3,(H,15,16). The molecular formula is C14H20O2. The minimum absolute atomic E-state index is 0.136. The van der Waals surface area contributed by atoms with E-state index in [-0.39, 0.29) is 5.41 Å². The molecule has 16 heavy (non-hydrogen) atoms. The quantitative estimate of drug-likeness (QED) is 0.823. The first-order valence-electron chi connectivity index (χ1n) is 5.61. The van der Waals surface area contributed by atoms with E-state index in [0.717, 1.165) is 11.1 Å². The third-order valence-electron chi connectivity index (χ3n) is 2.75. The van der Waals surface area contributed by atoms with Gasteiger partial charge in [-0.05, 0) is 28.5 Å². The molecule has 0 spiro atoms. The van der Waals surface area contributed by atoms with Gasteiger partial charge in [-0.3, -0.25) is 0 Å². The molecule has 0 unspecified atom stereocenters. The van der Waals surface area contributed by atoms with Crippen LogP contribution in [-0.2, 0) is 5.41 Å². The fourth-order valence-corrected chi connectivity index (χ4v) is 1.75. The highest BCUT2D eigenvalue weighted by Gasteiger charge is 2.21. The second-order valence-corrected chi connectivity index (χ2v) is 5.51. The number of carboxylic acid groups (broad SMARTS) is 1. The van der Waals surface area contributed by atoms with Crippen LogP contribution in [0.4, 0.5) is 0 Å². The van der Waals surface area contributed by atoms with E-state index in [2.05, 4.69) is 13.8 Å². The summed E-state index contributed by atoms with van der Waals surface area (Å²) in [5.41, 5.74) is 2.26. The Morgan fingerprint density at radius 1 is 1.25 bits per heavy atom. The van der Waals surface area contributed by atoms with Crippen LogP contribution < -0.4 is 0 Å². The minimum atomic E-state index is -0.840. The Hall–Kier alpha value is -1.31. The number of carbonyl (C=O) groups is 1. The Balaban J connectivity index is 3.37. The van der Waals surface area contributed by atoms with Crippen molar-refractivity contribution >= 4 is 5.97 Å². The first kappa shape index (κ1) is 12.8. The van der Waals surface area contributed by atoms with Crippen LogP contribution in [0.3, 0.4) is 0 Å². The Morgan fingerprint density at radius 3 is 2.19 bits per heavy atom. The summed E-state index contributed by atoms with van der Waals surface area (Å²) in [4.78, 5) is 11.2. The summed E-state index contributed by atoms with van der Waals surface area (Å²) in [6, 6.07) is 5.77. The van der Waals surface area contributed by atoms with E-state index in [1.807, 2.05) is 32.9 Å². The number of carboxylic acids is 1. The normalized spacial score (nSPS) is 11.9. The molecule has 0 aromatic heterocycles. The zero-order chi connectivity index (χ0) is 12.5. The second-order valence-electron chi connectivity index (χ2n) is 5.51. The summed E-state index contributed by atoms with van der Waals surface area (Å²) in [5, 5.41) is 9.24. The van der Waals surface area contributed by atoms with E-state index in [0.29, 0.717) is 11.5 Å². The molecule has 0 saturated heterocycles. The van der Waals surface area contributed by atoms with Crippen molar-refractivity contribution < 1.29 is 9.90 Å². The van der Waals surface area contributed by atoms with E-state index < -0.39 is 5.97 Å². The van der Waals surface area contributed by atoms with Crippen molar-refractivity contribution in [3.8, 4) is 0 Å². The molecule has 1 rings (SSSR count). The molecule has 0 radical (unpaired) electrons. The lowest BCUT2D eigenvalue weighted by Gasteiger charge is -2.22. The van der Waals surface area contributed by atoms with E-state index in [4.69, 9.17) is 0 Å². The van der Waals surface area contributed by atoms with Gasteiger partial charge in [0.15, 0.2) is 0 Å². The average Bonchev–Trinajstić information content (AvgIpc) is 2.15. The number of aromatic carboxylic acids is 1. The third kappa shape index (κ3) is 2.63. The summed E-state index contributed by atoms with van der Waals surface area (Å²) in [5.74, 6) is -0.487. The fourth-order valence-electron chi connectivity index (χ4n) is 1.75. The zero-order valence-corrected chi connectivity index (χ0v) is 10.7. The summed E-state index contributed by atoms with van der Waals surface area (Å²) in [7, 11) is 0. The van der Waals surface area contributed by atoms with Gasteiger partial charge < -0.3 is 5.11 Å². The van der Waals surface area contributed by atoms with Crippen molar-refractivity contribution in [3.05, 3.63) is 34.9 Å². The number of rotatable bonds is 2. The average molecular weight is 220 g/mol. The molecule has 0 aliphatic carbocycles. The van der Waals surface area contributed by atoms with Crippen molar-refractivity contribution in [1.29, 1.82) is 0 Å². The molecule has 0 heterocycles. The van der Waals surface area contributed by atoms with Gasteiger partial charge >= 0.3 is 5.97 Å². The van der Waals surface area contributed by atoms with Gasteiger partial charge in [0.05, 0.1) is 5.56 Å². The lowest BCUT2D eigenvalue weighted by Crippen LogP contribution is -2.17. The minimum Gasteiger partial charge on any atom is -0.478 e. The molecule has 0 amide bonds. The molecule has 0 aliphatic rings. The van der Waals surface area contributed by atoms with Crippen LogP contribution in [0.1, 0.15) is 62.0 Å². The molecular weight excluding hydrogens is 200 g/mol. The molecule has 0 bridgehead atoms. The van der Waals surface area contributed by atoms with Gasteiger partial charge in [0.2, 0.25) is 0 Å². The molecule has 1 aromatic rings. The Morgan fingerprint density at radius 2 is 1.81 bits per heavy atom. The van der Waals surface area contributed by atoms with Gasteiger partial charge in [-0.15, -0.1) is 0 Å². The predicted molar refractivity (Wildman–Crippen MR) is 66.2 cm³/mol. The molecule has 2 nitrogen and oxygen atoms in total. The van der Waals surface area contributed by atoms with Gasteiger partial charge in [0, 0.05) is 0 Å². The summed E-state index contributed by atoms with van der Waals surface area (Å²) in [6.45, 7) is 10.2. The van der Waals surface area contributed by atoms with Crippen molar-refractivity contribution in [2.75, 3.05) is 0 Å². The van der Waals surface area contributed by atoms with Crippen molar-refractivity contribution in [2.45, 2.75) is 46.0 Å². The Bertz CT molecular complexity index is 398. The Kier molecular flexibility index (Phi) is 3.41. The van der Waals surface area contributed by atoms with E-state index in [1.165, 1.54) is 0 Å². The first-order chi connectivity index (χ1) is 7.23. The number of benzene rings is 1. The maximum absolute atomic E-state index is 11.2. The molecule has 0 fully saturated rings. The predicted octanol–water partition coefficient (Wildman–Crippen LogP) is 3.81. The van der Waals surface area contributed by atoms with Gasteiger partial charge in [0.25, 0.3) is 0 Å². The number of hydrogen-bond acceptors (Lipinski definition) is 1. The lowest BCUT2D eigenvalue weighted by atomic mass is 9.82. The van der Waals surface area contributed by atoms with Gasteiger partial charge in [0.1, 0.15) is 0 Å². The van der Waals surface area contributed by atoms with E-state index in [9.17, 15) is 9.90 Å². The highest BCUT2D eigenvalue weighted by molar-refractivity contribution is 5.90. The smallest absolute Gasteiger partial charge is 0.335 e. The van der Waals surface area contributed by atoms with E-state index >= 15 is 0 Å². The summed E-state index contributed by atoms with van der Waals surface area (Å²) >= 11 is 0. The van der Waals surface area contributed by atoms with Crippen molar-refractivity contribution in [2.24, 2.45) is 0 Å². The number of hydrogen-bond donors (Lipinski definition) is 1. The lowest BCUT2D eigenvalue weighted by molar-refractivity contribution is 0.0694. The first-order valence-corrected chi connectivity index (χ1v) is 5.61. The third-order valence-corrected chi connectivity index (χ3v) is 2.75. The zero-order valence-electron chi connectivity index (χ0n) is 10.7. The van der Waals surface area contributed by atoms with Crippen LogP contribution in [0.15, 0.2) is 18.2 Å². The van der Waals surface area contributed by atoms with Gasteiger partial charge in [-0.25, -0.2) is 4.79 Å². The van der Waals surface area contributed by atoms with Crippen molar-refractivity contribution in [3.63, 3.8) is 0 Å². The fraction of sp³-hybridized carbons (Fsp3) is 0.500. The van der Waals surface area contributed by atoms with Crippen LogP contribution in [0.2, 0.25) is 0 Å². The van der Waals surface area contributed by atoms with Crippen LogP contribution in [-0.4, -0.2) is 11.1 Å². The van der Waals surface area contributed by atoms with Gasteiger partial charge in [-0.2, -0.15) is 0 Å². The molecule has 0 aliphatic heterocycles. The highest BCUT2D eigenvalue weighted by atomic mass is 16.4. The molecule has 88 valence electrons. The molecule has 2 heteroatoms. The van der Waals surface area contributed by atoms with Crippen molar-refractivity contribution in [1.82, 2.24) is 0 Å². The van der Waals surface area contributed by atoms with Crippen LogP contribution >= 0.6 is 0 Å². The van der Waals surface area contributed by atoms with Crippen LogP contribution in [0.5, 0.6) is 0 Å². The van der Waals surface area contributed by atoms with E-state index in [1.54, 1.807) is 6.07 Å². The van der Waals surface area contributed by atoms with Gasteiger partial charge in [-0.1, -0.05) is 46.8 Å². The topological polar surface area (TPSA) is 37.3 Å². The highest BCUT2D eigenvalue weighted by Crippen LogP contribution is 2.28. The maximum atomic E-state index is 11.2. The SMILES string of the molecule is CC(C)c1ccc(C(C)(C)C)c(C(=O)O)c1. The molecule has 1 aromatic carbocycles. The van der Waals surface area contributed by atoms with Crippen LogP contribution in [0, 0.1) is 0 Å². The Labute approximate surface area is 97.3 Å². The van der Waals surface area contributed by atoms with Crippen LogP contribution in [0.25, 0.3) is 0 Å². The summed E-state index contributed by atoms with van der Waals surface area (Å²) < 4.78 is 0. The maximum Gasteiger partial charge on any atom is 0.335 e. The summed E-state index contributed by atoms with van der Waals surface area (Å²) in [6.07, 6.45) is 0.